The number of benzene rings is 2. The van der Waals surface area contributed by atoms with Crippen molar-refractivity contribution in [2.24, 2.45) is 10.5 Å². The van der Waals surface area contributed by atoms with Gasteiger partial charge in [0, 0.05) is 17.0 Å². The lowest BCUT2D eigenvalue weighted by molar-refractivity contribution is -0.570. The van der Waals surface area contributed by atoms with Crippen LogP contribution in [0.5, 0.6) is 0 Å². The van der Waals surface area contributed by atoms with E-state index >= 15 is 0 Å². The van der Waals surface area contributed by atoms with Crippen molar-refractivity contribution < 1.29 is 9.66 Å². The second kappa shape index (κ2) is 7.52. The summed E-state index contributed by atoms with van der Waals surface area (Å²) >= 11 is 6.03. The number of nitro groups is 1. The summed E-state index contributed by atoms with van der Waals surface area (Å²) in [5.74, 6) is 0.140. The molecule has 6 nitrogen and oxygen atoms in total. The highest BCUT2D eigenvalue weighted by Crippen LogP contribution is 2.49. The van der Waals surface area contributed by atoms with E-state index in [1.807, 2.05) is 42.5 Å². The Kier molecular flexibility index (Phi) is 5.04. The summed E-state index contributed by atoms with van der Waals surface area (Å²) in [6.45, 7) is 4.24. The van der Waals surface area contributed by atoms with E-state index in [-0.39, 0.29) is 10.3 Å². The Morgan fingerprint density at radius 2 is 1.83 bits per heavy atom. The Balaban J connectivity index is 1.78. The van der Waals surface area contributed by atoms with Crippen LogP contribution < -0.4 is 5.43 Å². The van der Waals surface area contributed by atoms with Crippen LogP contribution in [0.15, 0.2) is 71.0 Å². The summed E-state index contributed by atoms with van der Waals surface area (Å²) in [5.41, 5.74) is 6.26. The van der Waals surface area contributed by atoms with Crippen LogP contribution in [0.3, 0.4) is 0 Å². The molecule has 0 saturated heterocycles. The van der Waals surface area contributed by atoms with Crippen molar-refractivity contribution in [3.05, 3.63) is 86.6 Å². The predicted octanol–water partition coefficient (Wildman–Crippen LogP) is 5.60. The normalized spacial score (nSPS) is 24.2. The minimum atomic E-state index is -1.17. The molecule has 2 atom stereocenters. The summed E-state index contributed by atoms with van der Waals surface area (Å²) in [7, 11) is 0. The van der Waals surface area contributed by atoms with Crippen LogP contribution in [0.4, 0.5) is 5.69 Å². The number of allylic oxidation sites excluding steroid dienone is 1. The number of halogens is 1. The van der Waals surface area contributed by atoms with Crippen molar-refractivity contribution in [1.82, 2.24) is 0 Å². The Morgan fingerprint density at radius 1 is 1.14 bits per heavy atom. The molecule has 2 aromatic rings. The van der Waals surface area contributed by atoms with Crippen molar-refractivity contribution in [3.63, 3.8) is 0 Å². The smallest absolute Gasteiger partial charge is 0.364 e. The van der Waals surface area contributed by atoms with Gasteiger partial charge in [-0.3, -0.25) is 15.5 Å². The van der Waals surface area contributed by atoms with Gasteiger partial charge in [-0.05, 0) is 41.7 Å². The van der Waals surface area contributed by atoms with E-state index in [9.17, 15) is 10.1 Å². The van der Waals surface area contributed by atoms with Gasteiger partial charge in [0.1, 0.15) is 11.7 Å². The Bertz CT molecular complexity index is 984. The average Bonchev–Trinajstić information content (AvgIpc) is 3.06. The zero-order valence-corrected chi connectivity index (χ0v) is 17.0. The fourth-order valence-electron chi connectivity index (χ4n) is 4.03. The number of hydrogen-bond donors (Lipinski definition) is 1. The van der Waals surface area contributed by atoms with Gasteiger partial charge in [0.15, 0.2) is 0 Å². The number of rotatable bonds is 4. The third-order valence-electron chi connectivity index (χ3n) is 5.29. The molecule has 0 amide bonds. The summed E-state index contributed by atoms with van der Waals surface area (Å²) in [6.07, 6.45) is 0.169. The first kappa shape index (κ1) is 19.5. The van der Waals surface area contributed by atoms with Gasteiger partial charge in [-0.25, -0.2) is 0 Å². The van der Waals surface area contributed by atoms with Gasteiger partial charge in [-0.1, -0.05) is 55.8 Å². The number of ether oxygens (including phenoxy) is 1. The van der Waals surface area contributed by atoms with Gasteiger partial charge in [-0.2, -0.15) is 5.10 Å². The number of nitrogens with zero attached hydrogens (tertiary/aromatic N) is 2. The first-order valence-electron chi connectivity index (χ1n) is 9.51. The van der Waals surface area contributed by atoms with Gasteiger partial charge in [0.05, 0.1) is 16.3 Å². The highest BCUT2D eigenvalue weighted by molar-refractivity contribution is 6.30. The van der Waals surface area contributed by atoms with Crippen LogP contribution in [0.1, 0.15) is 38.2 Å². The molecule has 0 bridgehead atoms. The molecule has 1 aliphatic carbocycles. The molecule has 2 aliphatic rings. The standard InChI is InChI=1S/C22H22ClN3O3/c1-22(2)12-17(25-24-16-6-4-3-5-7-16)20-18(13-22)29-21(26(27)28)19(20)14-8-10-15(23)11-9-14/h3-11,19,21,24H,12-13H2,1-2H3/b25-17-/t19-,21-/m0/s1. The van der Waals surface area contributed by atoms with E-state index < -0.39 is 12.1 Å². The Labute approximate surface area is 174 Å². The largest absolute Gasteiger partial charge is 0.433 e. The minimum absolute atomic E-state index is 0.105. The fourth-order valence-corrected chi connectivity index (χ4v) is 4.15. The molecule has 2 aromatic carbocycles. The average molecular weight is 412 g/mol. The minimum Gasteiger partial charge on any atom is -0.433 e. The van der Waals surface area contributed by atoms with Crippen LogP contribution in [0, 0.1) is 15.5 Å². The van der Waals surface area contributed by atoms with Crippen molar-refractivity contribution in [2.45, 2.75) is 38.8 Å². The Hall–Kier alpha value is -2.86. The van der Waals surface area contributed by atoms with E-state index in [1.54, 1.807) is 12.1 Å². The summed E-state index contributed by atoms with van der Waals surface area (Å²) < 4.78 is 5.88. The number of hydrogen-bond acceptors (Lipinski definition) is 5. The first-order chi connectivity index (χ1) is 13.8. The molecular formula is C22H22ClN3O3. The van der Waals surface area contributed by atoms with Crippen LogP contribution >= 0.6 is 11.6 Å². The number of anilines is 1. The molecule has 1 N–H and O–H groups in total. The number of para-hydroxylation sites is 1. The predicted molar refractivity (Wildman–Crippen MR) is 114 cm³/mol. The van der Waals surface area contributed by atoms with Gasteiger partial charge < -0.3 is 4.74 Å². The summed E-state index contributed by atoms with van der Waals surface area (Å²) in [5, 5.41) is 17.1. The maximum atomic E-state index is 11.8. The molecule has 0 aromatic heterocycles. The lowest BCUT2D eigenvalue weighted by atomic mass is 9.73. The topological polar surface area (TPSA) is 76.8 Å². The van der Waals surface area contributed by atoms with Crippen molar-refractivity contribution in [2.75, 3.05) is 5.43 Å². The summed E-state index contributed by atoms with van der Waals surface area (Å²) in [6, 6.07) is 16.8. The molecule has 0 fully saturated rings. The zero-order chi connectivity index (χ0) is 20.6. The van der Waals surface area contributed by atoms with Crippen LogP contribution in [0.25, 0.3) is 0 Å². The maximum absolute atomic E-state index is 11.8. The summed E-state index contributed by atoms with van der Waals surface area (Å²) in [4.78, 5) is 11.5. The first-order valence-corrected chi connectivity index (χ1v) is 9.88. The van der Waals surface area contributed by atoms with E-state index in [0.29, 0.717) is 23.6 Å². The molecular weight excluding hydrogens is 390 g/mol. The molecule has 0 unspecified atom stereocenters. The second-order valence-electron chi connectivity index (χ2n) is 8.21. The fraction of sp³-hybridized carbons (Fsp3) is 0.318. The zero-order valence-electron chi connectivity index (χ0n) is 16.3. The molecule has 1 aliphatic heterocycles. The molecule has 0 spiro atoms. The van der Waals surface area contributed by atoms with Gasteiger partial charge >= 0.3 is 6.23 Å². The quantitative estimate of drug-likeness (QED) is 0.524. The highest BCUT2D eigenvalue weighted by atomic mass is 35.5. The van der Waals surface area contributed by atoms with Crippen molar-refractivity contribution >= 4 is 23.0 Å². The van der Waals surface area contributed by atoms with Crippen molar-refractivity contribution in [3.8, 4) is 0 Å². The van der Waals surface area contributed by atoms with Gasteiger partial charge in [0.25, 0.3) is 0 Å². The SMILES string of the molecule is CC1(C)CC2=C(/C(=N\Nc3ccccc3)C1)[C@H](c1ccc(Cl)cc1)[C@@H]([N+](=O)[O-])O2. The molecule has 0 saturated carbocycles. The van der Waals surface area contributed by atoms with Crippen LogP contribution in [-0.4, -0.2) is 16.9 Å². The second-order valence-corrected chi connectivity index (χ2v) is 8.65. The molecule has 4 rings (SSSR count). The molecule has 150 valence electrons. The third kappa shape index (κ3) is 3.98. The molecule has 0 radical (unpaired) electrons. The molecule has 29 heavy (non-hydrogen) atoms. The van der Waals surface area contributed by atoms with E-state index in [0.717, 1.165) is 22.5 Å². The van der Waals surface area contributed by atoms with E-state index in [1.165, 1.54) is 0 Å². The monoisotopic (exact) mass is 411 g/mol. The molecule has 7 heteroatoms. The van der Waals surface area contributed by atoms with Crippen LogP contribution in [0.2, 0.25) is 5.02 Å². The van der Waals surface area contributed by atoms with Gasteiger partial charge in [-0.15, -0.1) is 0 Å². The van der Waals surface area contributed by atoms with E-state index in [2.05, 4.69) is 24.4 Å². The lowest BCUT2D eigenvalue weighted by Gasteiger charge is -2.31. The lowest BCUT2D eigenvalue weighted by Crippen LogP contribution is -2.29. The number of hydrazone groups is 1. The maximum Gasteiger partial charge on any atom is 0.364 e. The number of nitrogens with one attached hydrogen (secondary N) is 1. The van der Waals surface area contributed by atoms with E-state index in [4.69, 9.17) is 16.3 Å². The molecule has 1 heterocycles. The Morgan fingerprint density at radius 3 is 2.48 bits per heavy atom. The van der Waals surface area contributed by atoms with Gasteiger partial charge in [0.2, 0.25) is 0 Å². The third-order valence-corrected chi connectivity index (χ3v) is 5.54. The van der Waals surface area contributed by atoms with Crippen molar-refractivity contribution in [1.29, 1.82) is 0 Å². The van der Waals surface area contributed by atoms with Crippen LogP contribution in [-0.2, 0) is 4.74 Å². The highest BCUT2D eigenvalue weighted by Gasteiger charge is 2.50.